The molecule has 1 aliphatic carbocycles. The molecule has 0 amide bonds. The van der Waals surface area contributed by atoms with Crippen LogP contribution in [0.2, 0.25) is 0 Å². The molecule has 1 heterocycles. The Bertz CT molecular complexity index is 402. The SMILES string of the molecule is Cc1c(C2(CN)CCC(F)(F)CC2)cnn1C. The summed E-state index contributed by atoms with van der Waals surface area (Å²) in [6, 6.07) is 0. The number of nitrogens with zero attached hydrogens (tertiary/aromatic N) is 2. The fraction of sp³-hybridized carbons (Fsp3) is 0.750. The van der Waals surface area contributed by atoms with Crippen LogP contribution in [0.3, 0.4) is 0 Å². The molecule has 1 aliphatic rings. The van der Waals surface area contributed by atoms with Crippen molar-refractivity contribution in [3.63, 3.8) is 0 Å². The van der Waals surface area contributed by atoms with E-state index in [0.29, 0.717) is 19.4 Å². The summed E-state index contributed by atoms with van der Waals surface area (Å²) in [5, 5.41) is 4.19. The number of aromatic nitrogens is 2. The number of nitrogens with two attached hydrogens (primary N) is 1. The lowest BCUT2D eigenvalue weighted by atomic mass is 9.68. The minimum Gasteiger partial charge on any atom is -0.330 e. The molecule has 0 atom stereocenters. The van der Waals surface area contributed by atoms with Crippen LogP contribution in [0.25, 0.3) is 0 Å². The second-order valence-corrected chi connectivity index (χ2v) is 5.11. The van der Waals surface area contributed by atoms with Gasteiger partial charge in [-0.15, -0.1) is 0 Å². The second-order valence-electron chi connectivity index (χ2n) is 5.11. The largest absolute Gasteiger partial charge is 0.330 e. The highest BCUT2D eigenvalue weighted by Gasteiger charge is 2.44. The van der Waals surface area contributed by atoms with E-state index in [0.717, 1.165) is 11.3 Å². The van der Waals surface area contributed by atoms with Crippen molar-refractivity contribution in [2.45, 2.75) is 43.9 Å². The van der Waals surface area contributed by atoms with Crippen molar-refractivity contribution in [1.29, 1.82) is 0 Å². The standard InChI is InChI=1S/C12H19F2N3/c1-9-10(7-16-17(9)2)11(8-15)3-5-12(13,14)6-4-11/h7H,3-6,8,15H2,1-2H3. The van der Waals surface area contributed by atoms with Crippen LogP contribution >= 0.6 is 0 Å². The quantitative estimate of drug-likeness (QED) is 0.864. The molecule has 1 saturated carbocycles. The fourth-order valence-electron chi connectivity index (χ4n) is 2.70. The van der Waals surface area contributed by atoms with Crippen molar-refractivity contribution in [3.8, 4) is 0 Å². The van der Waals surface area contributed by atoms with Crippen LogP contribution in [0.4, 0.5) is 8.78 Å². The van der Waals surface area contributed by atoms with Gasteiger partial charge in [-0.25, -0.2) is 8.78 Å². The van der Waals surface area contributed by atoms with Crippen LogP contribution in [-0.2, 0) is 12.5 Å². The van der Waals surface area contributed by atoms with E-state index >= 15 is 0 Å². The lowest BCUT2D eigenvalue weighted by Gasteiger charge is -2.39. The van der Waals surface area contributed by atoms with Crippen LogP contribution in [0.5, 0.6) is 0 Å². The summed E-state index contributed by atoms with van der Waals surface area (Å²) in [6.07, 6.45) is 2.54. The Morgan fingerprint density at radius 2 is 1.94 bits per heavy atom. The third-order valence-corrected chi connectivity index (χ3v) is 4.14. The van der Waals surface area contributed by atoms with E-state index in [1.54, 1.807) is 10.9 Å². The maximum absolute atomic E-state index is 13.2. The third kappa shape index (κ3) is 2.08. The zero-order valence-corrected chi connectivity index (χ0v) is 10.3. The predicted octanol–water partition coefficient (Wildman–Crippen LogP) is 2.13. The van der Waals surface area contributed by atoms with Crippen LogP contribution in [0.15, 0.2) is 6.20 Å². The Hall–Kier alpha value is -0.970. The zero-order valence-electron chi connectivity index (χ0n) is 10.3. The summed E-state index contributed by atoms with van der Waals surface area (Å²) in [6.45, 7) is 2.38. The molecule has 1 fully saturated rings. The minimum atomic E-state index is -2.52. The summed E-state index contributed by atoms with van der Waals surface area (Å²) in [5.74, 6) is -2.52. The van der Waals surface area contributed by atoms with Crippen molar-refractivity contribution in [3.05, 3.63) is 17.5 Å². The molecule has 0 radical (unpaired) electrons. The second kappa shape index (κ2) is 4.05. The summed E-state index contributed by atoms with van der Waals surface area (Å²) >= 11 is 0. The normalized spacial score (nSPS) is 22.6. The van der Waals surface area contributed by atoms with E-state index < -0.39 is 5.92 Å². The first-order valence-corrected chi connectivity index (χ1v) is 5.97. The molecule has 0 unspecified atom stereocenters. The van der Waals surface area contributed by atoms with E-state index in [1.165, 1.54) is 0 Å². The molecular weight excluding hydrogens is 224 g/mol. The highest BCUT2D eigenvalue weighted by molar-refractivity contribution is 5.28. The van der Waals surface area contributed by atoms with E-state index in [1.807, 2.05) is 14.0 Å². The number of hydrogen-bond acceptors (Lipinski definition) is 2. The maximum atomic E-state index is 13.2. The molecule has 0 aromatic carbocycles. The Labute approximate surface area is 100.0 Å². The van der Waals surface area contributed by atoms with Gasteiger partial charge in [0.25, 0.3) is 0 Å². The van der Waals surface area contributed by atoms with Crippen LogP contribution in [0, 0.1) is 6.92 Å². The minimum absolute atomic E-state index is 0.0709. The molecule has 2 N–H and O–H groups in total. The van der Waals surface area contributed by atoms with Gasteiger partial charge >= 0.3 is 0 Å². The molecule has 17 heavy (non-hydrogen) atoms. The number of halogens is 2. The monoisotopic (exact) mass is 243 g/mol. The molecule has 1 aromatic rings. The zero-order chi connectivity index (χ0) is 12.7. The van der Waals surface area contributed by atoms with Gasteiger partial charge in [0.2, 0.25) is 5.92 Å². The smallest absolute Gasteiger partial charge is 0.248 e. The third-order valence-electron chi connectivity index (χ3n) is 4.14. The van der Waals surface area contributed by atoms with Gasteiger partial charge in [0.1, 0.15) is 0 Å². The molecule has 0 aliphatic heterocycles. The van der Waals surface area contributed by atoms with Crippen molar-refractivity contribution in [2.24, 2.45) is 12.8 Å². The van der Waals surface area contributed by atoms with Gasteiger partial charge < -0.3 is 5.73 Å². The van der Waals surface area contributed by atoms with Crippen LogP contribution in [0.1, 0.15) is 36.9 Å². The number of rotatable bonds is 2. The number of aryl methyl sites for hydroxylation is 1. The maximum Gasteiger partial charge on any atom is 0.248 e. The average molecular weight is 243 g/mol. The topological polar surface area (TPSA) is 43.8 Å². The molecule has 1 aromatic heterocycles. The Morgan fingerprint density at radius 3 is 2.35 bits per heavy atom. The highest BCUT2D eigenvalue weighted by Crippen LogP contribution is 2.45. The number of alkyl halides is 2. The molecule has 3 nitrogen and oxygen atoms in total. The molecule has 5 heteroatoms. The van der Waals surface area contributed by atoms with Gasteiger partial charge in [0.05, 0.1) is 6.20 Å². The summed E-state index contributed by atoms with van der Waals surface area (Å²) in [4.78, 5) is 0. The van der Waals surface area contributed by atoms with Crippen molar-refractivity contribution in [2.75, 3.05) is 6.54 Å². The van der Waals surface area contributed by atoms with Gasteiger partial charge in [-0.05, 0) is 19.8 Å². The molecule has 0 saturated heterocycles. The van der Waals surface area contributed by atoms with Gasteiger partial charge in [0, 0.05) is 43.1 Å². The average Bonchev–Trinajstić information content (AvgIpc) is 2.62. The summed E-state index contributed by atoms with van der Waals surface area (Å²) in [5.41, 5.74) is 7.62. The van der Waals surface area contributed by atoms with Crippen LogP contribution in [-0.4, -0.2) is 22.2 Å². The molecule has 0 bridgehead atoms. The van der Waals surface area contributed by atoms with E-state index in [-0.39, 0.29) is 18.3 Å². The Balaban J connectivity index is 2.31. The Kier molecular flexibility index (Phi) is 2.97. The van der Waals surface area contributed by atoms with Gasteiger partial charge in [-0.2, -0.15) is 5.10 Å². The molecule has 2 rings (SSSR count). The van der Waals surface area contributed by atoms with Gasteiger partial charge in [-0.3, -0.25) is 4.68 Å². The highest BCUT2D eigenvalue weighted by atomic mass is 19.3. The molecule has 0 spiro atoms. The van der Waals surface area contributed by atoms with E-state index in [9.17, 15) is 8.78 Å². The van der Waals surface area contributed by atoms with Gasteiger partial charge in [-0.1, -0.05) is 0 Å². The molecular formula is C12H19F2N3. The van der Waals surface area contributed by atoms with Crippen molar-refractivity contribution < 1.29 is 8.78 Å². The predicted molar refractivity (Wildman–Crippen MR) is 62.1 cm³/mol. The van der Waals surface area contributed by atoms with E-state index in [4.69, 9.17) is 5.73 Å². The first-order valence-electron chi connectivity index (χ1n) is 5.97. The summed E-state index contributed by atoms with van der Waals surface area (Å²) in [7, 11) is 1.86. The van der Waals surface area contributed by atoms with Crippen molar-refractivity contribution >= 4 is 0 Å². The summed E-state index contributed by atoms with van der Waals surface area (Å²) < 4.78 is 28.3. The molecule has 96 valence electrons. The number of hydrogen-bond donors (Lipinski definition) is 1. The first-order chi connectivity index (χ1) is 7.90. The van der Waals surface area contributed by atoms with Gasteiger partial charge in [0.15, 0.2) is 0 Å². The fourth-order valence-corrected chi connectivity index (χ4v) is 2.70. The van der Waals surface area contributed by atoms with Crippen molar-refractivity contribution in [1.82, 2.24) is 9.78 Å². The van der Waals surface area contributed by atoms with Crippen LogP contribution < -0.4 is 5.73 Å². The first kappa shape index (κ1) is 12.5. The lowest BCUT2D eigenvalue weighted by molar-refractivity contribution is -0.0510. The lowest BCUT2D eigenvalue weighted by Crippen LogP contribution is -2.42. The Morgan fingerprint density at radius 1 is 1.35 bits per heavy atom. The van der Waals surface area contributed by atoms with E-state index in [2.05, 4.69) is 5.10 Å².